The van der Waals surface area contributed by atoms with E-state index in [-0.39, 0.29) is 0 Å². The fraction of sp³-hybridized carbons (Fsp3) is 0.353. The molecule has 0 saturated heterocycles. The van der Waals surface area contributed by atoms with Gasteiger partial charge in [0.2, 0.25) is 0 Å². The van der Waals surface area contributed by atoms with E-state index in [4.69, 9.17) is 0 Å². The summed E-state index contributed by atoms with van der Waals surface area (Å²) < 4.78 is 4.34. The van der Waals surface area contributed by atoms with Crippen molar-refractivity contribution in [2.45, 2.75) is 20.0 Å². The molecule has 0 aliphatic heterocycles. The van der Waals surface area contributed by atoms with Crippen LogP contribution in [-0.4, -0.2) is 32.8 Å². The number of aryl methyl sites for hydroxylation is 2. The molecule has 2 aromatic heterocycles. The lowest BCUT2D eigenvalue weighted by molar-refractivity contribution is 0.304. The van der Waals surface area contributed by atoms with E-state index in [1.807, 2.05) is 17.9 Å². The van der Waals surface area contributed by atoms with Gasteiger partial charge in [0.15, 0.2) is 0 Å². The minimum atomic E-state index is 0.925. The fourth-order valence-electron chi connectivity index (χ4n) is 2.83. The van der Waals surface area contributed by atoms with Crippen molar-refractivity contribution < 1.29 is 0 Å². The van der Waals surface area contributed by atoms with Crippen molar-refractivity contribution in [1.29, 1.82) is 0 Å². The molecule has 4 nitrogen and oxygen atoms in total. The highest BCUT2D eigenvalue weighted by Gasteiger charge is 2.07. The van der Waals surface area contributed by atoms with E-state index >= 15 is 0 Å². The van der Waals surface area contributed by atoms with E-state index in [1.54, 1.807) is 0 Å². The third kappa shape index (κ3) is 2.85. The van der Waals surface area contributed by atoms with Gasteiger partial charge in [-0.2, -0.15) is 5.10 Å². The predicted molar refractivity (Wildman–Crippen MR) is 86.2 cm³/mol. The topological polar surface area (TPSA) is 26.0 Å². The number of hydrogen-bond donors (Lipinski definition) is 0. The first-order chi connectivity index (χ1) is 10.1. The molecule has 2 heterocycles. The molecule has 3 aromatic rings. The van der Waals surface area contributed by atoms with Gasteiger partial charge < -0.3 is 4.57 Å². The molecule has 4 heteroatoms. The SMILES string of the molecule is Cc1cc2ccccc2n1CCN(C)Cc1ccnn1C. The summed E-state index contributed by atoms with van der Waals surface area (Å²) in [7, 11) is 4.15. The molecule has 0 atom stereocenters. The Bertz CT molecular complexity index is 738. The minimum Gasteiger partial charge on any atom is -0.344 e. The maximum atomic E-state index is 4.22. The molecular weight excluding hydrogens is 260 g/mol. The fourth-order valence-corrected chi connectivity index (χ4v) is 2.83. The normalized spacial score (nSPS) is 11.6. The van der Waals surface area contributed by atoms with Crippen LogP contribution in [0.15, 0.2) is 42.6 Å². The minimum absolute atomic E-state index is 0.925. The smallest absolute Gasteiger partial charge is 0.0520 e. The Labute approximate surface area is 125 Å². The second-order valence-corrected chi connectivity index (χ2v) is 5.68. The van der Waals surface area contributed by atoms with E-state index in [0.29, 0.717) is 0 Å². The molecule has 3 rings (SSSR count). The maximum absolute atomic E-state index is 4.22. The van der Waals surface area contributed by atoms with Crippen LogP contribution in [-0.2, 0) is 20.1 Å². The van der Waals surface area contributed by atoms with E-state index < -0.39 is 0 Å². The van der Waals surface area contributed by atoms with Crippen LogP contribution < -0.4 is 0 Å². The van der Waals surface area contributed by atoms with Crippen molar-refractivity contribution in [3.05, 3.63) is 54.0 Å². The molecule has 0 N–H and O–H groups in total. The quantitative estimate of drug-likeness (QED) is 0.719. The number of benzene rings is 1. The summed E-state index contributed by atoms with van der Waals surface area (Å²) >= 11 is 0. The number of hydrogen-bond acceptors (Lipinski definition) is 2. The van der Waals surface area contributed by atoms with E-state index in [9.17, 15) is 0 Å². The van der Waals surface area contributed by atoms with E-state index in [1.165, 1.54) is 22.3 Å². The summed E-state index contributed by atoms with van der Waals surface area (Å²) in [6.07, 6.45) is 1.85. The first-order valence-corrected chi connectivity index (χ1v) is 7.35. The van der Waals surface area contributed by atoms with Gasteiger partial charge in [0.25, 0.3) is 0 Å². The predicted octanol–water partition coefficient (Wildman–Crippen LogP) is 2.82. The lowest BCUT2D eigenvalue weighted by Gasteiger charge is -2.18. The lowest BCUT2D eigenvalue weighted by Crippen LogP contribution is -2.24. The Morgan fingerprint density at radius 3 is 2.76 bits per heavy atom. The monoisotopic (exact) mass is 282 g/mol. The number of aromatic nitrogens is 3. The van der Waals surface area contributed by atoms with Crippen molar-refractivity contribution in [3.8, 4) is 0 Å². The van der Waals surface area contributed by atoms with Gasteiger partial charge in [0, 0.05) is 44.1 Å². The average molecular weight is 282 g/mol. The van der Waals surface area contributed by atoms with Crippen molar-refractivity contribution in [1.82, 2.24) is 19.2 Å². The van der Waals surface area contributed by atoms with Crippen LogP contribution in [0.1, 0.15) is 11.4 Å². The van der Waals surface area contributed by atoms with Crippen LogP contribution >= 0.6 is 0 Å². The standard InChI is InChI=1S/C17H22N4/c1-14-12-15-6-4-5-7-17(15)21(14)11-10-19(2)13-16-8-9-18-20(16)3/h4-9,12H,10-11,13H2,1-3H3. The maximum Gasteiger partial charge on any atom is 0.0520 e. The number of rotatable bonds is 5. The van der Waals surface area contributed by atoms with Crippen LogP contribution in [0, 0.1) is 6.92 Å². The zero-order valence-electron chi connectivity index (χ0n) is 13.0. The Morgan fingerprint density at radius 1 is 1.19 bits per heavy atom. The Balaban J connectivity index is 1.69. The Kier molecular flexibility index (Phi) is 3.80. The highest BCUT2D eigenvalue weighted by atomic mass is 15.3. The van der Waals surface area contributed by atoms with Gasteiger partial charge in [0.05, 0.1) is 5.69 Å². The van der Waals surface area contributed by atoms with Gasteiger partial charge >= 0.3 is 0 Å². The van der Waals surface area contributed by atoms with Gasteiger partial charge in [-0.1, -0.05) is 18.2 Å². The molecule has 0 radical (unpaired) electrons. The third-order valence-electron chi connectivity index (χ3n) is 4.08. The average Bonchev–Trinajstić information content (AvgIpc) is 3.00. The Morgan fingerprint density at radius 2 is 2.00 bits per heavy atom. The molecule has 110 valence electrons. The van der Waals surface area contributed by atoms with Gasteiger partial charge in [-0.25, -0.2) is 0 Å². The first kappa shape index (κ1) is 13.9. The molecule has 0 amide bonds. The zero-order chi connectivity index (χ0) is 14.8. The molecule has 0 aliphatic rings. The number of likely N-dealkylation sites (N-methyl/N-ethyl adjacent to an activating group) is 1. The number of para-hydroxylation sites is 1. The largest absolute Gasteiger partial charge is 0.344 e. The first-order valence-electron chi connectivity index (χ1n) is 7.35. The summed E-state index contributed by atoms with van der Waals surface area (Å²) in [5.74, 6) is 0. The summed E-state index contributed by atoms with van der Waals surface area (Å²) in [6, 6.07) is 12.9. The summed E-state index contributed by atoms with van der Waals surface area (Å²) in [4.78, 5) is 2.34. The highest BCUT2D eigenvalue weighted by molar-refractivity contribution is 5.81. The molecule has 21 heavy (non-hydrogen) atoms. The van der Waals surface area contributed by atoms with Crippen LogP contribution in [0.2, 0.25) is 0 Å². The van der Waals surface area contributed by atoms with Crippen molar-refractivity contribution in [2.24, 2.45) is 7.05 Å². The summed E-state index contributed by atoms with van der Waals surface area (Å²) in [5, 5.41) is 5.54. The second-order valence-electron chi connectivity index (χ2n) is 5.68. The van der Waals surface area contributed by atoms with Gasteiger partial charge in [-0.3, -0.25) is 9.58 Å². The van der Waals surface area contributed by atoms with Crippen LogP contribution in [0.3, 0.4) is 0 Å². The molecule has 0 aliphatic carbocycles. The van der Waals surface area contributed by atoms with E-state index in [0.717, 1.165) is 19.6 Å². The van der Waals surface area contributed by atoms with Crippen molar-refractivity contribution in [3.63, 3.8) is 0 Å². The molecule has 0 fully saturated rings. The zero-order valence-corrected chi connectivity index (χ0v) is 13.0. The molecule has 0 bridgehead atoms. The number of nitrogens with zero attached hydrogens (tertiary/aromatic N) is 4. The summed E-state index contributed by atoms with van der Waals surface area (Å²) in [6.45, 7) is 5.13. The van der Waals surface area contributed by atoms with Gasteiger partial charge in [-0.05, 0) is 37.6 Å². The lowest BCUT2D eigenvalue weighted by atomic mass is 10.2. The van der Waals surface area contributed by atoms with Crippen LogP contribution in [0.25, 0.3) is 10.9 Å². The molecule has 1 aromatic carbocycles. The van der Waals surface area contributed by atoms with Crippen LogP contribution in [0.5, 0.6) is 0 Å². The molecule has 0 unspecified atom stereocenters. The van der Waals surface area contributed by atoms with Crippen molar-refractivity contribution >= 4 is 10.9 Å². The van der Waals surface area contributed by atoms with Gasteiger partial charge in [-0.15, -0.1) is 0 Å². The second kappa shape index (κ2) is 5.74. The van der Waals surface area contributed by atoms with E-state index in [2.05, 4.69) is 64.9 Å². The molecule has 0 saturated carbocycles. The number of fused-ring (bicyclic) bond motifs is 1. The molecular formula is C17H22N4. The summed E-state index contributed by atoms with van der Waals surface area (Å²) in [5.41, 5.74) is 3.89. The van der Waals surface area contributed by atoms with Crippen LogP contribution in [0.4, 0.5) is 0 Å². The van der Waals surface area contributed by atoms with Gasteiger partial charge in [0.1, 0.15) is 0 Å². The van der Waals surface area contributed by atoms with Crippen molar-refractivity contribution in [2.75, 3.05) is 13.6 Å². The third-order valence-corrected chi connectivity index (χ3v) is 4.08. The Hall–Kier alpha value is -2.07. The highest BCUT2D eigenvalue weighted by Crippen LogP contribution is 2.19. The molecule has 0 spiro atoms.